The van der Waals surface area contributed by atoms with Gasteiger partial charge in [-0.05, 0) is 24.3 Å². The van der Waals surface area contributed by atoms with E-state index in [1.165, 1.54) is 36.8 Å². The number of hydroxylamine groups is 3. The van der Waals surface area contributed by atoms with E-state index < -0.39 is 23.7 Å². The number of halogens is 5. The number of carbonyl (C=O) groups excluding carboxylic acids is 1. The van der Waals surface area contributed by atoms with Crippen molar-refractivity contribution in [2.24, 2.45) is 0 Å². The van der Waals surface area contributed by atoms with Crippen LogP contribution < -0.4 is 5.32 Å². The molecule has 4 heterocycles. The Labute approximate surface area is 243 Å². The van der Waals surface area contributed by atoms with Crippen molar-refractivity contribution in [2.75, 3.05) is 18.4 Å². The number of hydrogen-bond donors (Lipinski definition) is 2. The molecule has 0 saturated carbocycles. The van der Waals surface area contributed by atoms with Crippen LogP contribution in [0, 0.1) is 0 Å². The Balaban J connectivity index is 1.30. The van der Waals surface area contributed by atoms with E-state index in [-0.39, 0.29) is 39.8 Å². The summed E-state index contributed by atoms with van der Waals surface area (Å²) in [5, 5.41) is 14.5. The van der Waals surface area contributed by atoms with Crippen molar-refractivity contribution in [1.29, 1.82) is 0 Å². The van der Waals surface area contributed by atoms with Crippen molar-refractivity contribution < 1.29 is 27.8 Å². The van der Waals surface area contributed by atoms with Gasteiger partial charge in [-0.25, -0.2) is 25.1 Å². The highest BCUT2D eigenvalue weighted by Gasteiger charge is 2.38. The minimum atomic E-state index is -4.65. The monoisotopic (exact) mass is 603 g/mol. The molecule has 8 nitrogen and oxygen atoms in total. The molecule has 1 aliphatic rings. The number of amides is 1. The standard InChI is InChI=1S/C28H23Cl2F3N6O2/c29-21-14-35-26(36-15-21)19-3-1-17(2-4-19)16-39(41)11-8-18(9-12-39)25-22(5-6-23(38-25)28(31,32)33)37-27(40)20-7-10-34-24(30)13-20/h1-7,10,13-15,18,41H,8-9,11-12,16H2/p+1. The number of hydrogen-bond acceptors (Lipinski definition) is 6. The molecular weight excluding hydrogens is 580 g/mol. The second-order valence-electron chi connectivity index (χ2n) is 9.84. The first-order valence-corrected chi connectivity index (χ1v) is 13.4. The number of carbonyl (C=O) groups is 1. The fourth-order valence-electron chi connectivity index (χ4n) is 4.83. The molecule has 0 bridgehead atoms. The van der Waals surface area contributed by atoms with E-state index in [4.69, 9.17) is 23.2 Å². The molecule has 0 spiro atoms. The van der Waals surface area contributed by atoms with Crippen LogP contribution in [-0.4, -0.2) is 48.8 Å². The lowest BCUT2D eigenvalue weighted by molar-refractivity contribution is -1.12. The minimum absolute atomic E-state index is 0.112. The number of rotatable bonds is 6. The first-order valence-electron chi connectivity index (χ1n) is 12.7. The third kappa shape index (κ3) is 6.99. The number of alkyl halides is 3. The van der Waals surface area contributed by atoms with Crippen molar-refractivity contribution in [3.8, 4) is 11.4 Å². The van der Waals surface area contributed by atoms with Gasteiger partial charge in [-0.3, -0.25) is 4.79 Å². The van der Waals surface area contributed by atoms with Gasteiger partial charge in [0.1, 0.15) is 30.5 Å². The van der Waals surface area contributed by atoms with Crippen LogP contribution in [0.15, 0.2) is 67.1 Å². The fourth-order valence-corrected chi connectivity index (χ4v) is 5.10. The van der Waals surface area contributed by atoms with Gasteiger partial charge in [0.2, 0.25) is 0 Å². The molecule has 212 valence electrons. The molecule has 4 aromatic rings. The van der Waals surface area contributed by atoms with E-state index in [0.29, 0.717) is 30.2 Å². The molecule has 0 aliphatic carbocycles. The highest BCUT2D eigenvalue weighted by atomic mass is 35.5. The summed E-state index contributed by atoms with van der Waals surface area (Å²) in [6, 6.07) is 12.3. The molecule has 3 aromatic heterocycles. The van der Waals surface area contributed by atoms with Gasteiger partial charge in [0.15, 0.2) is 5.82 Å². The van der Waals surface area contributed by atoms with Crippen LogP contribution in [0.1, 0.15) is 46.1 Å². The largest absolute Gasteiger partial charge is 0.433 e. The molecule has 0 radical (unpaired) electrons. The Morgan fingerprint density at radius 1 is 1.00 bits per heavy atom. The molecule has 2 N–H and O–H groups in total. The maximum atomic E-state index is 13.5. The Kier molecular flexibility index (Phi) is 8.23. The summed E-state index contributed by atoms with van der Waals surface area (Å²) < 4.78 is 40.3. The van der Waals surface area contributed by atoms with E-state index in [2.05, 4.69) is 25.3 Å². The van der Waals surface area contributed by atoms with Crippen molar-refractivity contribution in [1.82, 2.24) is 19.9 Å². The van der Waals surface area contributed by atoms with Gasteiger partial charge in [0.25, 0.3) is 5.91 Å². The van der Waals surface area contributed by atoms with Gasteiger partial charge in [0.05, 0.1) is 16.4 Å². The van der Waals surface area contributed by atoms with E-state index in [1.807, 2.05) is 24.3 Å². The number of piperidine rings is 1. The number of anilines is 1. The quantitative estimate of drug-likeness (QED) is 0.186. The smallest absolute Gasteiger partial charge is 0.320 e. The molecule has 13 heteroatoms. The predicted octanol–water partition coefficient (Wildman–Crippen LogP) is 6.80. The van der Waals surface area contributed by atoms with Crippen LogP contribution in [0.5, 0.6) is 0 Å². The summed E-state index contributed by atoms with van der Waals surface area (Å²) in [4.78, 5) is 29.0. The number of quaternary nitrogens is 1. The average Bonchev–Trinajstić information content (AvgIpc) is 2.94. The molecule has 1 amide bonds. The van der Waals surface area contributed by atoms with Gasteiger partial charge in [0, 0.05) is 54.0 Å². The van der Waals surface area contributed by atoms with Gasteiger partial charge in [-0.15, -0.1) is 0 Å². The van der Waals surface area contributed by atoms with Crippen molar-refractivity contribution in [3.63, 3.8) is 0 Å². The lowest BCUT2D eigenvalue weighted by atomic mass is 9.91. The van der Waals surface area contributed by atoms with Crippen molar-refractivity contribution in [3.05, 3.63) is 99.8 Å². The lowest BCUT2D eigenvalue weighted by Crippen LogP contribution is -2.49. The second-order valence-corrected chi connectivity index (χ2v) is 10.7. The Bertz CT molecular complexity index is 1540. The zero-order chi connectivity index (χ0) is 29.2. The summed E-state index contributed by atoms with van der Waals surface area (Å²) in [5.41, 5.74) is 1.15. The van der Waals surface area contributed by atoms with E-state index in [1.54, 1.807) is 0 Å². The molecule has 0 atom stereocenters. The number of likely N-dealkylation sites (tertiary alicyclic amines) is 1. The fraction of sp³-hybridized carbons (Fsp3) is 0.250. The number of benzene rings is 1. The van der Waals surface area contributed by atoms with Crippen LogP contribution in [-0.2, 0) is 12.7 Å². The van der Waals surface area contributed by atoms with Gasteiger partial charge >= 0.3 is 6.18 Å². The van der Waals surface area contributed by atoms with Crippen LogP contribution in [0.4, 0.5) is 18.9 Å². The Morgan fingerprint density at radius 3 is 2.32 bits per heavy atom. The van der Waals surface area contributed by atoms with E-state index in [9.17, 15) is 23.2 Å². The Hall–Kier alpha value is -3.64. The SMILES string of the molecule is O=C(Nc1ccc(C(F)(F)F)nc1C1CC[N+](O)(Cc2ccc(-c3ncc(Cl)cn3)cc2)CC1)c1ccnc(Cl)c1. The molecule has 1 aromatic carbocycles. The normalized spacial score (nSPS) is 19.1. The van der Waals surface area contributed by atoms with Crippen LogP contribution >= 0.6 is 23.2 Å². The minimum Gasteiger partial charge on any atom is -0.320 e. The van der Waals surface area contributed by atoms with Gasteiger partial charge < -0.3 is 5.32 Å². The molecule has 1 fully saturated rings. The van der Waals surface area contributed by atoms with Gasteiger partial charge in [-0.1, -0.05) is 47.5 Å². The number of pyridine rings is 2. The summed E-state index contributed by atoms with van der Waals surface area (Å²) in [6.45, 7) is 0.896. The topological polar surface area (TPSA) is 101 Å². The number of aromatic nitrogens is 4. The van der Waals surface area contributed by atoms with Gasteiger partial charge in [-0.2, -0.15) is 17.8 Å². The maximum absolute atomic E-state index is 13.5. The highest BCUT2D eigenvalue weighted by Crippen LogP contribution is 2.37. The lowest BCUT2D eigenvalue weighted by Gasteiger charge is -2.37. The third-order valence-electron chi connectivity index (χ3n) is 6.94. The first-order chi connectivity index (χ1) is 19.5. The number of nitrogens with one attached hydrogen (secondary N) is 1. The van der Waals surface area contributed by atoms with Crippen LogP contribution in [0.3, 0.4) is 0 Å². The Morgan fingerprint density at radius 2 is 1.68 bits per heavy atom. The number of nitrogens with zero attached hydrogens (tertiary/aromatic N) is 5. The summed E-state index contributed by atoms with van der Waals surface area (Å²) >= 11 is 11.7. The molecular formula is C28H24Cl2F3N6O2+. The average molecular weight is 604 g/mol. The van der Waals surface area contributed by atoms with Crippen molar-refractivity contribution >= 4 is 34.8 Å². The van der Waals surface area contributed by atoms with Crippen LogP contribution in [0.2, 0.25) is 10.2 Å². The maximum Gasteiger partial charge on any atom is 0.433 e. The van der Waals surface area contributed by atoms with E-state index in [0.717, 1.165) is 17.2 Å². The first kappa shape index (κ1) is 28.9. The molecule has 0 unspecified atom stereocenters. The van der Waals surface area contributed by atoms with Crippen LogP contribution in [0.25, 0.3) is 11.4 Å². The summed E-state index contributed by atoms with van der Waals surface area (Å²) in [6.07, 6.45) is 0.477. The predicted molar refractivity (Wildman–Crippen MR) is 146 cm³/mol. The zero-order valence-electron chi connectivity index (χ0n) is 21.4. The molecule has 41 heavy (non-hydrogen) atoms. The second kappa shape index (κ2) is 11.7. The summed E-state index contributed by atoms with van der Waals surface area (Å²) in [5.74, 6) is -0.428. The molecule has 1 saturated heterocycles. The zero-order valence-corrected chi connectivity index (χ0v) is 23.0. The van der Waals surface area contributed by atoms with Crippen molar-refractivity contribution in [2.45, 2.75) is 31.5 Å². The molecule has 5 rings (SSSR count). The highest BCUT2D eigenvalue weighted by molar-refractivity contribution is 6.30. The van der Waals surface area contributed by atoms with E-state index >= 15 is 0 Å². The summed E-state index contributed by atoms with van der Waals surface area (Å²) in [7, 11) is 0. The third-order valence-corrected chi connectivity index (χ3v) is 7.34. The molecule has 1 aliphatic heterocycles.